The van der Waals surface area contributed by atoms with Gasteiger partial charge in [0.25, 0.3) is 0 Å². The van der Waals surface area contributed by atoms with Gasteiger partial charge in [0.15, 0.2) is 0 Å². The lowest BCUT2D eigenvalue weighted by atomic mass is 10.1. The third-order valence-corrected chi connectivity index (χ3v) is 3.52. The highest BCUT2D eigenvalue weighted by Crippen LogP contribution is 2.29. The van der Waals surface area contributed by atoms with Crippen molar-refractivity contribution >= 4 is 0 Å². The fourth-order valence-corrected chi connectivity index (χ4v) is 2.15. The minimum absolute atomic E-state index is 0.0885. The molecule has 1 heterocycles. The Labute approximate surface area is 138 Å². The standard InChI is InChI=1S/C16H19F3N4O/c1-4-23(5-2)11(3)20-10-12-6-8-13(9-7-12)14-21-15(24-22-14)16(17,18)19/h6-9,20H,3-5,10H2,1-2H3. The van der Waals surface area contributed by atoms with E-state index in [1.54, 1.807) is 24.3 Å². The number of aromatic nitrogens is 2. The summed E-state index contributed by atoms with van der Waals surface area (Å²) >= 11 is 0. The zero-order valence-corrected chi connectivity index (χ0v) is 13.5. The number of nitrogens with zero attached hydrogens (tertiary/aromatic N) is 3. The number of hydrogen-bond acceptors (Lipinski definition) is 5. The molecule has 0 saturated carbocycles. The molecule has 0 saturated heterocycles. The van der Waals surface area contributed by atoms with Gasteiger partial charge in [-0.15, -0.1) is 0 Å². The predicted octanol–water partition coefficient (Wildman–Crippen LogP) is 3.66. The van der Waals surface area contributed by atoms with Crippen LogP contribution in [0.15, 0.2) is 41.2 Å². The van der Waals surface area contributed by atoms with Crippen LogP contribution in [0.2, 0.25) is 0 Å². The number of hydrogen-bond donors (Lipinski definition) is 1. The number of halogens is 3. The molecule has 0 spiro atoms. The lowest BCUT2D eigenvalue weighted by Crippen LogP contribution is -2.30. The maximum atomic E-state index is 12.5. The second kappa shape index (κ2) is 7.37. The molecule has 130 valence electrons. The van der Waals surface area contributed by atoms with Crippen molar-refractivity contribution in [1.82, 2.24) is 20.4 Å². The minimum Gasteiger partial charge on any atom is -0.368 e. The topological polar surface area (TPSA) is 54.2 Å². The highest BCUT2D eigenvalue weighted by atomic mass is 19.4. The molecule has 2 rings (SSSR count). The minimum atomic E-state index is -4.64. The Bertz CT molecular complexity index is 675. The summed E-state index contributed by atoms with van der Waals surface area (Å²) in [7, 11) is 0. The molecule has 1 aromatic heterocycles. The molecular formula is C16H19F3N4O. The van der Waals surface area contributed by atoms with Crippen molar-refractivity contribution in [3.05, 3.63) is 48.1 Å². The Kier molecular flexibility index (Phi) is 5.48. The van der Waals surface area contributed by atoms with E-state index in [1.165, 1.54) is 0 Å². The first-order valence-electron chi connectivity index (χ1n) is 7.53. The van der Waals surface area contributed by atoms with Gasteiger partial charge in [-0.25, -0.2) is 0 Å². The highest BCUT2D eigenvalue weighted by Gasteiger charge is 2.38. The molecule has 1 N–H and O–H groups in total. The number of alkyl halides is 3. The maximum Gasteiger partial charge on any atom is 0.471 e. The molecule has 0 radical (unpaired) electrons. The van der Waals surface area contributed by atoms with Gasteiger partial charge in [-0.05, 0) is 19.4 Å². The Hall–Kier alpha value is -2.51. The average molecular weight is 340 g/mol. The van der Waals surface area contributed by atoms with E-state index >= 15 is 0 Å². The molecular weight excluding hydrogens is 321 g/mol. The molecule has 0 amide bonds. The molecule has 0 aliphatic heterocycles. The predicted molar refractivity (Wildman–Crippen MR) is 83.6 cm³/mol. The van der Waals surface area contributed by atoms with Crippen molar-refractivity contribution in [3.8, 4) is 11.4 Å². The molecule has 1 aromatic carbocycles. The van der Waals surface area contributed by atoms with E-state index in [-0.39, 0.29) is 5.82 Å². The van der Waals surface area contributed by atoms with Crippen molar-refractivity contribution in [2.45, 2.75) is 26.6 Å². The van der Waals surface area contributed by atoms with Crippen molar-refractivity contribution in [2.24, 2.45) is 0 Å². The van der Waals surface area contributed by atoms with E-state index in [0.717, 1.165) is 24.5 Å². The maximum absolute atomic E-state index is 12.5. The first-order chi connectivity index (χ1) is 11.3. The summed E-state index contributed by atoms with van der Waals surface area (Å²) in [5.41, 5.74) is 1.42. The van der Waals surface area contributed by atoms with Crippen molar-refractivity contribution in [2.75, 3.05) is 13.1 Å². The van der Waals surface area contributed by atoms with Crippen molar-refractivity contribution in [1.29, 1.82) is 0 Å². The van der Waals surface area contributed by atoms with Crippen molar-refractivity contribution in [3.63, 3.8) is 0 Å². The Morgan fingerprint density at radius 1 is 1.21 bits per heavy atom. The van der Waals surface area contributed by atoms with Crippen LogP contribution in [0.5, 0.6) is 0 Å². The smallest absolute Gasteiger partial charge is 0.368 e. The van der Waals surface area contributed by atoms with Gasteiger partial charge in [0, 0.05) is 25.2 Å². The fourth-order valence-electron chi connectivity index (χ4n) is 2.15. The largest absolute Gasteiger partial charge is 0.471 e. The van der Waals surface area contributed by atoms with Gasteiger partial charge in [-0.2, -0.15) is 18.2 Å². The lowest BCUT2D eigenvalue weighted by Gasteiger charge is -2.24. The van der Waals surface area contributed by atoms with Crippen LogP contribution in [0, 0.1) is 0 Å². The van der Waals surface area contributed by atoms with Crippen molar-refractivity contribution < 1.29 is 17.7 Å². The van der Waals surface area contributed by atoms with E-state index in [2.05, 4.69) is 31.5 Å². The van der Waals surface area contributed by atoms with Crippen LogP contribution in [0.25, 0.3) is 11.4 Å². The summed E-state index contributed by atoms with van der Waals surface area (Å²) in [6.07, 6.45) is -4.64. The van der Waals surface area contributed by atoms with E-state index in [0.29, 0.717) is 12.1 Å². The quantitative estimate of drug-likeness (QED) is 0.834. The Morgan fingerprint density at radius 3 is 2.33 bits per heavy atom. The first-order valence-corrected chi connectivity index (χ1v) is 7.53. The van der Waals surface area contributed by atoms with Gasteiger partial charge in [-0.3, -0.25) is 0 Å². The molecule has 5 nitrogen and oxygen atoms in total. The van der Waals surface area contributed by atoms with E-state index in [1.807, 2.05) is 13.8 Å². The Balaban J connectivity index is 2.01. The molecule has 2 aromatic rings. The van der Waals surface area contributed by atoms with Crippen LogP contribution in [0.4, 0.5) is 13.2 Å². The number of nitrogens with one attached hydrogen (secondary N) is 1. The third-order valence-electron chi connectivity index (χ3n) is 3.52. The molecule has 0 fully saturated rings. The summed E-state index contributed by atoms with van der Waals surface area (Å²) in [6.45, 7) is 10.4. The molecule has 8 heteroatoms. The summed E-state index contributed by atoms with van der Waals surface area (Å²) in [5.74, 6) is -0.606. The summed E-state index contributed by atoms with van der Waals surface area (Å²) in [5, 5.41) is 6.58. The van der Waals surface area contributed by atoms with Gasteiger partial charge in [0.2, 0.25) is 5.82 Å². The molecule has 0 aliphatic rings. The highest BCUT2D eigenvalue weighted by molar-refractivity contribution is 5.54. The zero-order chi connectivity index (χ0) is 17.7. The summed E-state index contributed by atoms with van der Waals surface area (Å²) < 4.78 is 41.6. The fraction of sp³-hybridized carbons (Fsp3) is 0.375. The normalized spacial score (nSPS) is 11.4. The van der Waals surface area contributed by atoms with Gasteiger partial charge < -0.3 is 14.7 Å². The molecule has 0 unspecified atom stereocenters. The van der Waals surface area contributed by atoms with E-state index < -0.39 is 12.1 Å². The van der Waals surface area contributed by atoms with Crippen LogP contribution in [0.1, 0.15) is 25.3 Å². The average Bonchev–Trinajstić information content (AvgIpc) is 3.05. The second-order valence-corrected chi connectivity index (χ2v) is 5.09. The van der Waals surface area contributed by atoms with Crippen LogP contribution < -0.4 is 5.32 Å². The monoisotopic (exact) mass is 340 g/mol. The van der Waals surface area contributed by atoms with Gasteiger partial charge in [-0.1, -0.05) is 36.0 Å². The molecule has 0 atom stereocenters. The van der Waals surface area contributed by atoms with E-state index in [9.17, 15) is 13.2 Å². The number of benzene rings is 1. The molecule has 0 bridgehead atoms. The van der Waals surface area contributed by atoms with Gasteiger partial charge >= 0.3 is 12.1 Å². The molecule has 0 aliphatic carbocycles. The van der Waals surface area contributed by atoms with Crippen LogP contribution in [-0.4, -0.2) is 28.1 Å². The SMILES string of the molecule is C=C(NCc1ccc(-c2noc(C(F)(F)F)n2)cc1)N(CC)CC. The van der Waals surface area contributed by atoms with Crippen LogP contribution >= 0.6 is 0 Å². The van der Waals surface area contributed by atoms with Gasteiger partial charge in [0.1, 0.15) is 0 Å². The van der Waals surface area contributed by atoms with E-state index in [4.69, 9.17) is 0 Å². The molecule has 24 heavy (non-hydrogen) atoms. The Morgan fingerprint density at radius 2 is 1.83 bits per heavy atom. The third kappa shape index (κ3) is 4.27. The first kappa shape index (κ1) is 17.8. The summed E-state index contributed by atoms with van der Waals surface area (Å²) in [4.78, 5) is 5.45. The van der Waals surface area contributed by atoms with Crippen LogP contribution in [0.3, 0.4) is 0 Å². The van der Waals surface area contributed by atoms with Crippen LogP contribution in [-0.2, 0) is 12.7 Å². The lowest BCUT2D eigenvalue weighted by molar-refractivity contribution is -0.159. The number of rotatable bonds is 7. The van der Waals surface area contributed by atoms with Gasteiger partial charge in [0.05, 0.1) is 5.82 Å². The zero-order valence-electron chi connectivity index (χ0n) is 13.5. The summed E-state index contributed by atoms with van der Waals surface area (Å²) in [6, 6.07) is 6.90. The second-order valence-electron chi connectivity index (χ2n) is 5.09.